The smallest absolute Gasteiger partial charge is 0.413 e. The van der Waals surface area contributed by atoms with E-state index in [2.05, 4.69) is 20.0 Å². The van der Waals surface area contributed by atoms with Crippen molar-refractivity contribution in [2.45, 2.75) is 9.79 Å². The lowest BCUT2D eigenvalue weighted by atomic mass is 10.2. The molecule has 0 fully saturated rings. The number of urea groups is 1. The first-order valence-electron chi connectivity index (χ1n) is 10.4. The lowest BCUT2D eigenvalue weighted by Crippen LogP contribution is -2.31. The van der Waals surface area contributed by atoms with E-state index in [1.807, 2.05) is 42.5 Å². The molecular weight excluding hydrogens is 470 g/mol. The quantitative estimate of drug-likeness (QED) is 0.325. The molecule has 0 aliphatic carbocycles. The summed E-state index contributed by atoms with van der Waals surface area (Å²) < 4.78 is 15.2. The first-order chi connectivity index (χ1) is 16.9. The molecule has 0 saturated carbocycles. The molecule has 1 heterocycles. The number of imidazole rings is 1. The highest BCUT2D eigenvalue weighted by Gasteiger charge is 2.17. The predicted octanol–water partition coefficient (Wildman–Crippen LogP) is 5.13. The van der Waals surface area contributed by atoms with Gasteiger partial charge in [-0.2, -0.15) is 0 Å². The number of nitrogens with two attached hydrogens (primary N) is 1. The van der Waals surface area contributed by atoms with Crippen LogP contribution in [0.15, 0.2) is 70.5 Å². The molecule has 180 valence electrons. The fourth-order valence-electron chi connectivity index (χ4n) is 3.38. The lowest BCUT2D eigenvalue weighted by molar-refractivity contribution is 0.186. The van der Waals surface area contributed by atoms with Crippen molar-refractivity contribution in [3.05, 3.63) is 60.7 Å². The van der Waals surface area contributed by atoms with E-state index in [9.17, 15) is 9.59 Å². The summed E-state index contributed by atoms with van der Waals surface area (Å²) >= 11 is 1.53. The molecule has 0 bridgehead atoms. The Bertz CT molecular complexity index is 1350. The van der Waals surface area contributed by atoms with Crippen molar-refractivity contribution in [2.24, 2.45) is 5.73 Å². The minimum atomic E-state index is -0.637. The highest BCUT2D eigenvalue weighted by Crippen LogP contribution is 2.35. The third-order valence-corrected chi connectivity index (χ3v) is 6.00. The average molecular weight is 494 g/mol. The summed E-state index contributed by atoms with van der Waals surface area (Å²) in [4.78, 5) is 34.3. The van der Waals surface area contributed by atoms with Crippen LogP contribution in [-0.4, -0.2) is 43.4 Å². The Morgan fingerprint density at radius 1 is 0.914 bits per heavy atom. The number of benzene rings is 3. The summed E-state index contributed by atoms with van der Waals surface area (Å²) in [6.07, 6.45) is -0.601. The van der Waals surface area contributed by atoms with E-state index in [0.29, 0.717) is 34.3 Å². The number of nitrogens with zero attached hydrogens (tertiary/aromatic N) is 2. The maximum absolute atomic E-state index is 12.3. The molecule has 0 unspecified atom stereocenters. The summed E-state index contributed by atoms with van der Waals surface area (Å²) in [6.45, 7) is 0. The average Bonchev–Trinajstić information content (AvgIpc) is 3.26. The van der Waals surface area contributed by atoms with Crippen LogP contribution in [0.5, 0.6) is 11.5 Å². The molecule has 0 radical (unpaired) electrons. The normalized spacial score (nSPS) is 10.6. The van der Waals surface area contributed by atoms with Gasteiger partial charge in [-0.15, -0.1) is 0 Å². The first-order valence-corrected chi connectivity index (χ1v) is 11.2. The van der Waals surface area contributed by atoms with Crippen LogP contribution in [0.1, 0.15) is 0 Å². The van der Waals surface area contributed by atoms with Gasteiger partial charge in [0, 0.05) is 28.0 Å². The Kier molecular flexibility index (Phi) is 6.97. The molecule has 4 aromatic rings. The van der Waals surface area contributed by atoms with Crippen LogP contribution < -0.4 is 25.4 Å². The van der Waals surface area contributed by atoms with Gasteiger partial charge in [-0.05, 0) is 42.5 Å². The molecule has 1 aromatic heterocycles. The Balaban J connectivity index is 1.55. The third kappa shape index (κ3) is 5.41. The first kappa shape index (κ1) is 23.8. The largest absolute Gasteiger partial charge is 0.497 e. The standard InChI is InChI=1S/C24H23N5O5S/c1-32-16-10-15(11-17(12-16)33-2)29(22(25)30)14-4-6-18(7-5-14)35-19-8-9-20-21(13-19)27-23(26-20)28-24(31)34-3/h4-13H,1-3H3,(H2,25,30)(H2,26,27,28,31). The Morgan fingerprint density at radius 2 is 1.57 bits per heavy atom. The molecule has 0 aliphatic heterocycles. The number of aromatic nitrogens is 2. The highest BCUT2D eigenvalue weighted by molar-refractivity contribution is 7.99. The maximum Gasteiger partial charge on any atom is 0.413 e. The van der Waals surface area contributed by atoms with Gasteiger partial charge < -0.3 is 24.9 Å². The van der Waals surface area contributed by atoms with E-state index in [-0.39, 0.29) is 0 Å². The van der Waals surface area contributed by atoms with Crippen LogP contribution in [0.2, 0.25) is 0 Å². The maximum atomic E-state index is 12.3. The second-order valence-electron chi connectivity index (χ2n) is 7.22. The van der Waals surface area contributed by atoms with Crippen LogP contribution in [-0.2, 0) is 4.74 Å². The van der Waals surface area contributed by atoms with Crippen molar-refractivity contribution >= 4 is 52.2 Å². The van der Waals surface area contributed by atoms with Crippen molar-refractivity contribution in [1.82, 2.24) is 9.97 Å². The molecular formula is C24H23N5O5S. The van der Waals surface area contributed by atoms with Crippen LogP contribution in [0.25, 0.3) is 11.0 Å². The predicted molar refractivity (Wildman–Crippen MR) is 134 cm³/mol. The Labute approximate surface area is 205 Å². The number of fused-ring (bicyclic) bond motifs is 1. The summed E-state index contributed by atoms with van der Waals surface area (Å²) in [5.41, 5.74) is 8.29. The van der Waals surface area contributed by atoms with E-state index in [0.717, 1.165) is 15.3 Å². The summed E-state index contributed by atoms with van der Waals surface area (Å²) in [7, 11) is 4.36. The van der Waals surface area contributed by atoms with Crippen LogP contribution in [0, 0.1) is 0 Å². The van der Waals surface area contributed by atoms with Crippen LogP contribution >= 0.6 is 11.8 Å². The van der Waals surface area contributed by atoms with Crippen molar-refractivity contribution < 1.29 is 23.8 Å². The van der Waals surface area contributed by atoms with E-state index < -0.39 is 12.1 Å². The minimum absolute atomic E-state index is 0.305. The van der Waals surface area contributed by atoms with Gasteiger partial charge in [-0.3, -0.25) is 10.2 Å². The number of carbonyl (C=O) groups excluding carboxylic acids is 2. The molecule has 4 rings (SSSR count). The number of hydrogen-bond acceptors (Lipinski definition) is 7. The zero-order valence-electron chi connectivity index (χ0n) is 19.2. The van der Waals surface area contributed by atoms with E-state index in [1.54, 1.807) is 18.2 Å². The number of aromatic amines is 1. The molecule has 0 aliphatic rings. The second-order valence-corrected chi connectivity index (χ2v) is 8.37. The third-order valence-electron chi connectivity index (χ3n) is 5.00. The zero-order valence-corrected chi connectivity index (χ0v) is 20.0. The summed E-state index contributed by atoms with van der Waals surface area (Å²) in [5, 5.41) is 2.51. The van der Waals surface area contributed by atoms with Crippen LogP contribution in [0.3, 0.4) is 0 Å². The fraction of sp³-hybridized carbons (Fsp3) is 0.125. The van der Waals surface area contributed by atoms with Gasteiger partial charge in [0.25, 0.3) is 0 Å². The number of primary amides is 1. The monoisotopic (exact) mass is 493 g/mol. The lowest BCUT2D eigenvalue weighted by Gasteiger charge is -2.22. The van der Waals surface area contributed by atoms with Crippen molar-refractivity contribution in [2.75, 3.05) is 31.5 Å². The van der Waals surface area contributed by atoms with Gasteiger partial charge in [-0.1, -0.05) is 11.8 Å². The number of nitrogens with one attached hydrogen (secondary N) is 2. The summed E-state index contributed by atoms with van der Waals surface area (Å²) in [5.74, 6) is 1.38. The molecule has 3 amide bonds. The fourth-order valence-corrected chi connectivity index (χ4v) is 4.24. The Hall–Kier alpha value is -4.38. The number of anilines is 3. The van der Waals surface area contributed by atoms with Crippen molar-refractivity contribution in [1.29, 1.82) is 0 Å². The molecule has 4 N–H and O–H groups in total. The molecule has 0 atom stereocenters. The number of H-pyrrole nitrogens is 1. The van der Waals surface area contributed by atoms with Gasteiger partial charge in [0.15, 0.2) is 0 Å². The van der Waals surface area contributed by atoms with Gasteiger partial charge in [-0.25, -0.2) is 14.6 Å². The van der Waals surface area contributed by atoms with Crippen molar-refractivity contribution in [3.8, 4) is 11.5 Å². The van der Waals surface area contributed by atoms with Crippen molar-refractivity contribution in [3.63, 3.8) is 0 Å². The van der Waals surface area contributed by atoms with Gasteiger partial charge >= 0.3 is 12.1 Å². The number of amides is 3. The van der Waals surface area contributed by atoms with Gasteiger partial charge in [0.1, 0.15) is 11.5 Å². The molecule has 35 heavy (non-hydrogen) atoms. The van der Waals surface area contributed by atoms with Crippen LogP contribution in [0.4, 0.5) is 26.9 Å². The molecule has 3 aromatic carbocycles. The molecule has 10 nitrogen and oxygen atoms in total. The number of rotatable bonds is 7. The topological polar surface area (TPSA) is 132 Å². The zero-order chi connectivity index (χ0) is 24.9. The SMILES string of the molecule is COC(=O)Nc1nc2ccc(Sc3ccc(N(C(N)=O)c4cc(OC)cc(OC)c4)cc3)cc2[nH]1. The number of ether oxygens (including phenoxy) is 3. The number of carbonyl (C=O) groups is 2. The minimum Gasteiger partial charge on any atom is -0.497 e. The summed E-state index contributed by atoms with van der Waals surface area (Å²) in [6, 6.07) is 17.6. The van der Waals surface area contributed by atoms with Gasteiger partial charge in [0.05, 0.1) is 43.7 Å². The second kappa shape index (κ2) is 10.3. The highest BCUT2D eigenvalue weighted by atomic mass is 32.2. The molecule has 11 heteroatoms. The number of methoxy groups -OCH3 is 3. The van der Waals surface area contributed by atoms with E-state index in [4.69, 9.17) is 15.2 Å². The Morgan fingerprint density at radius 3 is 2.17 bits per heavy atom. The van der Waals surface area contributed by atoms with E-state index >= 15 is 0 Å². The number of hydrogen-bond donors (Lipinski definition) is 3. The van der Waals surface area contributed by atoms with E-state index in [1.165, 1.54) is 38.0 Å². The van der Waals surface area contributed by atoms with Gasteiger partial charge in [0.2, 0.25) is 5.95 Å². The molecule has 0 saturated heterocycles. The molecule has 0 spiro atoms.